The van der Waals surface area contributed by atoms with Crippen LogP contribution in [0, 0.1) is 0 Å². The average molecular weight is 474 g/mol. The minimum Gasteiger partial charge on any atom is -0.340 e. The molecule has 1 atom stereocenters. The van der Waals surface area contributed by atoms with Crippen molar-refractivity contribution in [2.75, 3.05) is 37.7 Å². The highest BCUT2D eigenvalue weighted by atomic mass is 32.2. The number of piperazine rings is 1. The summed E-state index contributed by atoms with van der Waals surface area (Å²) in [4.78, 5) is 21.0. The first-order valence-corrected chi connectivity index (χ1v) is 12.7. The lowest BCUT2D eigenvalue weighted by atomic mass is 10.1. The van der Waals surface area contributed by atoms with E-state index in [1.54, 1.807) is 10.3 Å². The van der Waals surface area contributed by atoms with Gasteiger partial charge >= 0.3 is 6.18 Å². The van der Waals surface area contributed by atoms with Crippen LogP contribution < -0.4 is 0 Å². The van der Waals surface area contributed by atoms with Crippen LogP contribution in [-0.2, 0) is 27.2 Å². The molecule has 1 unspecified atom stereocenters. The van der Waals surface area contributed by atoms with Crippen molar-refractivity contribution < 1.29 is 26.4 Å². The van der Waals surface area contributed by atoms with E-state index in [1.807, 2.05) is 0 Å². The molecule has 2 aliphatic heterocycles. The van der Waals surface area contributed by atoms with Crippen molar-refractivity contribution in [1.82, 2.24) is 14.8 Å². The van der Waals surface area contributed by atoms with Crippen molar-refractivity contribution in [3.63, 3.8) is 0 Å². The van der Waals surface area contributed by atoms with E-state index in [2.05, 4.69) is 9.88 Å². The van der Waals surface area contributed by atoms with E-state index in [9.17, 15) is 26.4 Å². The van der Waals surface area contributed by atoms with Crippen molar-refractivity contribution in [2.24, 2.45) is 0 Å². The molecule has 0 aliphatic carbocycles. The van der Waals surface area contributed by atoms with Crippen molar-refractivity contribution in [2.45, 2.75) is 25.1 Å². The van der Waals surface area contributed by atoms with Gasteiger partial charge in [0.2, 0.25) is 5.91 Å². The molecule has 31 heavy (non-hydrogen) atoms. The smallest absolute Gasteiger partial charge is 0.340 e. The van der Waals surface area contributed by atoms with E-state index in [0.717, 1.165) is 12.1 Å². The van der Waals surface area contributed by atoms with Gasteiger partial charge < -0.3 is 4.90 Å². The molecule has 0 spiro atoms. The van der Waals surface area contributed by atoms with Crippen LogP contribution in [0.25, 0.3) is 10.6 Å². The van der Waals surface area contributed by atoms with Crippen LogP contribution in [0.2, 0.25) is 0 Å². The van der Waals surface area contributed by atoms with Gasteiger partial charge in [-0.3, -0.25) is 9.69 Å². The van der Waals surface area contributed by atoms with Crippen molar-refractivity contribution in [3.05, 3.63) is 40.9 Å². The lowest BCUT2D eigenvalue weighted by molar-refractivity contribution is -0.137. The van der Waals surface area contributed by atoms with E-state index in [-0.39, 0.29) is 29.9 Å². The Kier molecular flexibility index (Phi) is 6.10. The number of nitrogens with zero attached hydrogens (tertiary/aromatic N) is 3. The fourth-order valence-electron chi connectivity index (χ4n) is 3.99. The number of hydrogen-bond acceptors (Lipinski definition) is 6. The molecule has 0 bridgehead atoms. The molecule has 3 heterocycles. The Labute approximate surface area is 182 Å². The molecule has 0 radical (unpaired) electrons. The number of benzene rings is 1. The molecule has 1 aromatic carbocycles. The Morgan fingerprint density at radius 3 is 2.39 bits per heavy atom. The van der Waals surface area contributed by atoms with Crippen LogP contribution in [0.3, 0.4) is 0 Å². The van der Waals surface area contributed by atoms with Crippen LogP contribution in [0.4, 0.5) is 13.2 Å². The summed E-state index contributed by atoms with van der Waals surface area (Å²) in [6, 6.07) is 4.87. The largest absolute Gasteiger partial charge is 0.416 e. The fourth-order valence-corrected chi connectivity index (χ4v) is 6.58. The van der Waals surface area contributed by atoms with Crippen LogP contribution in [0.15, 0.2) is 29.6 Å². The average Bonchev–Trinajstić information content (AvgIpc) is 3.33. The Balaban J connectivity index is 1.31. The molecule has 0 N–H and O–H groups in total. The van der Waals surface area contributed by atoms with Gasteiger partial charge in [-0.25, -0.2) is 13.4 Å². The third kappa shape index (κ3) is 5.27. The maximum atomic E-state index is 12.7. The Morgan fingerprint density at radius 1 is 1.13 bits per heavy atom. The Morgan fingerprint density at radius 2 is 1.81 bits per heavy atom. The SMILES string of the molecule is O=C(Cc1csc(-c2ccc(C(F)(F)F)cc2)n1)N1CCN(C2CCS(=O)(=O)C2)CC1. The molecule has 1 amide bonds. The number of halogens is 3. The molecular formula is C20H22F3N3O3S2. The van der Waals surface area contributed by atoms with Gasteiger partial charge in [-0.15, -0.1) is 11.3 Å². The molecule has 2 aliphatic rings. The summed E-state index contributed by atoms with van der Waals surface area (Å²) in [5.41, 5.74) is 0.462. The number of amides is 1. The van der Waals surface area contributed by atoms with Gasteiger partial charge in [-0.05, 0) is 18.6 Å². The number of thiazole rings is 1. The molecule has 168 valence electrons. The Bertz CT molecular complexity index is 1040. The number of carbonyl (C=O) groups is 1. The maximum Gasteiger partial charge on any atom is 0.416 e. The predicted molar refractivity (Wildman–Crippen MR) is 111 cm³/mol. The topological polar surface area (TPSA) is 70.6 Å². The number of carbonyl (C=O) groups excluding carboxylic acids is 1. The minimum absolute atomic E-state index is 0.0482. The molecule has 2 aromatic rings. The lowest BCUT2D eigenvalue weighted by Crippen LogP contribution is -2.52. The summed E-state index contributed by atoms with van der Waals surface area (Å²) >= 11 is 1.29. The maximum absolute atomic E-state index is 12.7. The van der Waals surface area contributed by atoms with Gasteiger partial charge in [0.1, 0.15) is 5.01 Å². The third-order valence-corrected chi connectivity index (χ3v) is 8.43. The summed E-state index contributed by atoms with van der Waals surface area (Å²) in [7, 11) is -2.93. The summed E-state index contributed by atoms with van der Waals surface area (Å²) in [5, 5.41) is 2.33. The summed E-state index contributed by atoms with van der Waals surface area (Å²) in [6.07, 6.45) is -3.59. The van der Waals surface area contributed by atoms with Gasteiger partial charge in [0.15, 0.2) is 9.84 Å². The normalized spacial score (nSPS) is 22.0. The monoisotopic (exact) mass is 473 g/mol. The van der Waals surface area contributed by atoms with Gasteiger partial charge in [0.05, 0.1) is 29.2 Å². The second-order valence-corrected chi connectivity index (χ2v) is 11.0. The van der Waals surface area contributed by atoms with Gasteiger partial charge in [0, 0.05) is 43.2 Å². The van der Waals surface area contributed by atoms with Crippen LogP contribution in [-0.4, -0.2) is 72.8 Å². The van der Waals surface area contributed by atoms with Crippen LogP contribution >= 0.6 is 11.3 Å². The second kappa shape index (κ2) is 8.51. The molecule has 6 nitrogen and oxygen atoms in total. The van der Waals surface area contributed by atoms with E-state index in [0.29, 0.717) is 48.9 Å². The quantitative estimate of drug-likeness (QED) is 0.683. The van der Waals surface area contributed by atoms with Crippen LogP contribution in [0.5, 0.6) is 0 Å². The molecule has 1 aromatic heterocycles. The highest BCUT2D eigenvalue weighted by molar-refractivity contribution is 7.91. The van der Waals surface area contributed by atoms with Crippen molar-refractivity contribution in [1.29, 1.82) is 0 Å². The van der Waals surface area contributed by atoms with E-state index < -0.39 is 21.6 Å². The standard InChI is InChI=1S/C20H22F3N3O3S2/c21-20(22,23)15-3-1-14(2-4-15)19-24-16(12-30-19)11-18(27)26-8-6-25(7-9-26)17-5-10-31(28,29)13-17/h1-4,12,17H,5-11,13H2. The fraction of sp³-hybridized carbons (Fsp3) is 0.500. The highest BCUT2D eigenvalue weighted by Crippen LogP contribution is 2.32. The summed E-state index contributed by atoms with van der Waals surface area (Å²) < 4.78 is 61.5. The first-order chi connectivity index (χ1) is 14.6. The first kappa shape index (κ1) is 22.2. The third-order valence-electron chi connectivity index (χ3n) is 5.74. The van der Waals surface area contributed by atoms with E-state index >= 15 is 0 Å². The first-order valence-electron chi connectivity index (χ1n) is 9.95. The number of hydrogen-bond donors (Lipinski definition) is 0. The van der Waals surface area contributed by atoms with Crippen molar-refractivity contribution in [3.8, 4) is 10.6 Å². The van der Waals surface area contributed by atoms with E-state index in [1.165, 1.54) is 23.5 Å². The molecule has 0 saturated carbocycles. The van der Waals surface area contributed by atoms with Gasteiger partial charge in [-0.1, -0.05) is 12.1 Å². The van der Waals surface area contributed by atoms with Gasteiger partial charge in [-0.2, -0.15) is 13.2 Å². The zero-order valence-electron chi connectivity index (χ0n) is 16.6. The Hall–Kier alpha value is -1.98. The molecule has 11 heteroatoms. The minimum atomic E-state index is -4.38. The van der Waals surface area contributed by atoms with Crippen molar-refractivity contribution >= 4 is 27.1 Å². The van der Waals surface area contributed by atoms with Gasteiger partial charge in [0.25, 0.3) is 0 Å². The zero-order chi connectivity index (χ0) is 22.2. The zero-order valence-corrected chi connectivity index (χ0v) is 18.3. The number of aromatic nitrogens is 1. The predicted octanol–water partition coefficient (Wildman–Crippen LogP) is 2.70. The number of alkyl halides is 3. The lowest BCUT2D eigenvalue weighted by Gasteiger charge is -2.37. The molecule has 2 saturated heterocycles. The second-order valence-electron chi connectivity index (χ2n) is 7.87. The number of sulfone groups is 1. The molecule has 4 rings (SSSR count). The van der Waals surface area contributed by atoms with E-state index in [4.69, 9.17) is 0 Å². The number of rotatable bonds is 4. The highest BCUT2D eigenvalue weighted by Gasteiger charge is 2.34. The summed E-state index contributed by atoms with van der Waals surface area (Å²) in [5.74, 6) is 0.386. The molecule has 2 fully saturated rings. The summed E-state index contributed by atoms with van der Waals surface area (Å²) in [6.45, 7) is 2.40. The van der Waals surface area contributed by atoms with Crippen LogP contribution in [0.1, 0.15) is 17.7 Å². The molecular weight excluding hydrogens is 451 g/mol.